The van der Waals surface area contributed by atoms with Crippen molar-refractivity contribution in [3.63, 3.8) is 0 Å². The molecule has 3 N–H and O–H groups in total. The Bertz CT molecular complexity index is 1580. The maximum absolute atomic E-state index is 15.0. The predicted octanol–water partition coefficient (Wildman–Crippen LogP) is 5.34. The number of amides is 1. The highest BCUT2D eigenvalue weighted by molar-refractivity contribution is 5.96. The molecule has 3 heterocycles. The number of nitrogens with one attached hydrogen (secondary N) is 3. The van der Waals surface area contributed by atoms with Crippen LogP contribution in [0, 0.1) is 23.0 Å². The van der Waals surface area contributed by atoms with E-state index < -0.39 is 46.8 Å². The SMILES string of the molecule is N#Cc1cc(F)c2[nH]cc(-c3nc(N[C@@H]4CCC[C@H](NC(=O)c5ccncn5)C4)c(F)cc3C(F)(F)F)c2c1. The van der Waals surface area contributed by atoms with Crippen molar-refractivity contribution in [3.05, 3.63) is 71.4 Å². The summed E-state index contributed by atoms with van der Waals surface area (Å²) in [5, 5.41) is 15.0. The number of nitriles is 1. The summed E-state index contributed by atoms with van der Waals surface area (Å²) in [4.78, 5) is 26.7. The molecule has 0 saturated heterocycles. The molecule has 4 aromatic rings. The zero-order valence-corrected chi connectivity index (χ0v) is 20.1. The van der Waals surface area contributed by atoms with E-state index in [4.69, 9.17) is 0 Å². The molecule has 0 aliphatic heterocycles. The van der Waals surface area contributed by atoms with Crippen molar-refractivity contribution in [3.8, 4) is 17.3 Å². The fraction of sp³-hybridized carbons (Fsp3) is 0.269. The van der Waals surface area contributed by atoms with E-state index in [0.29, 0.717) is 31.7 Å². The molecule has 0 spiro atoms. The summed E-state index contributed by atoms with van der Waals surface area (Å²) in [5.41, 5.74) is -2.09. The minimum absolute atomic E-state index is 0.00673. The van der Waals surface area contributed by atoms with Gasteiger partial charge in [0, 0.05) is 35.4 Å². The highest BCUT2D eigenvalue weighted by atomic mass is 19.4. The fourth-order valence-electron chi connectivity index (χ4n) is 4.79. The molecule has 0 radical (unpaired) electrons. The second-order valence-electron chi connectivity index (χ2n) is 9.18. The van der Waals surface area contributed by atoms with Crippen molar-refractivity contribution in [1.82, 2.24) is 25.3 Å². The van der Waals surface area contributed by atoms with Crippen molar-refractivity contribution < 1.29 is 26.7 Å². The van der Waals surface area contributed by atoms with E-state index in [1.807, 2.05) is 0 Å². The topological polar surface area (TPSA) is 119 Å². The Morgan fingerprint density at radius 3 is 2.64 bits per heavy atom. The molecule has 1 saturated carbocycles. The van der Waals surface area contributed by atoms with Crippen LogP contribution in [0.25, 0.3) is 22.2 Å². The number of alkyl halides is 3. The number of carbonyl (C=O) groups is 1. The minimum Gasteiger partial charge on any atom is -0.365 e. The number of carbonyl (C=O) groups excluding carboxylic acids is 1. The number of H-pyrrole nitrogens is 1. The fourth-order valence-corrected chi connectivity index (χ4v) is 4.79. The molecule has 39 heavy (non-hydrogen) atoms. The van der Waals surface area contributed by atoms with E-state index in [2.05, 4.69) is 30.6 Å². The summed E-state index contributed by atoms with van der Waals surface area (Å²) < 4.78 is 71.2. The Morgan fingerprint density at radius 2 is 1.92 bits per heavy atom. The summed E-state index contributed by atoms with van der Waals surface area (Å²) in [6.45, 7) is 0. The summed E-state index contributed by atoms with van der Waals surface area (Å²) in [5.74, 6) is -2.83. The van der Waals surface area contributed by atoms with Gasteiger partial charge in [0.15, 0.2) is 11.6 Å². The van der Waals surface area contributed by atoms with Crippen LogP contribution < -0.4 is 10.6 Å². The first-order chi connectivity index (χ1) is 18.6. The van der Waals surface area contributed by atoms with E-state index in [1.54, 1.807) is 6.07 Å². The maximum Gasteiger partial charge on any atom is 0.418 e. The van der Waals surface area contributed by atoms with Crippen LogP contribution >= 0.6 is 0 Å². The van der Waals surface area contributed by atoms with E-state index in [0.717, 1.165) is 12.3 Å². The van der Waals surface area contributed by atoms with E-state index >= 15 is 0 Å². The Balaban J connectivity index is 1.45. The van der Waals surface area contributed by atoms with E-state index in [-0.39, 0.29) is 33.8 Å². The first-order valence-corrected chi connectivity index (χ1v) is 12.0. The normalized spacial score (nSPS) is 17.5. The predicted molar refractivity (Wildman–Crippen MR) is 130 cm³/mol. The average Bonchev–Trinajstić information content (AvgIpc) is 3.34. The maximum atomic E-state index is 15.0. The lowest BCUT2D eigenvalue weighted by atomic mass is 9.90. The third kappa shape index (κ3) is 5.36. The van der Waals surface area contributed by atoms with Gasteiger partial charge in [-0.05, 0) is 49.9 Å². The molecule has 2 atom stereocenters. The Kier molecular flexibility index (Phi) is 6.86. The number of aromatic amines is 1. The van der Waals surface area contributed by atoms with Crippen LogP contribution in [0.3, 0.4) is 0 Å². The molecule has 1 fully saturated rings. The van der Waals surface area contributed by atoms with Gasteiger partial charge in [-0.1, -0.05) is 0 Å². The first kappa shape index (κ1) is 26.0. The lowest BCUT2D eigenvalue weighted by Crippen LogP contribution is -2.42. The minimum atomic E-state index is -4.96. The first-order valence-electron chi connectivity index (χ1n) is 12.0. The number of halogens is 5. The molecular formula is C26H20F5N7O. The highest BCUT2D eigenvalue weighted by Crippen LogP contribution is 2.41. The number of aromatic nitrogens is 4. The van der Waals surface area contributed by atoms with Crippen LogP contribution in [0.2, 0.25) is 0 Å². The lowest BCUT2D eigenvalue weighted by Gasteiger charge is -2.31. The van der Waals surface area contributed by atoms with Gasteiger partial charge in [-0.25, -0.2) is 23.7 Å². The number of hydrogen-bond acceptors (Lipinski definition) is 6. The molecule has 13 heteroatoms. The average molecular weight is 541 g/mol. The Hall–Kier alpha value is -4.60. The van der Waals surface area contributed by atoms with Crippen LogP contribution in [-0.2, 0) is 6.18 Å². The molecule has 0 unspecified atom stereocenters. The van der Waals surface area contributed by atoms with Gasteiger partial charge < -0.3 is 15.6 Å². The van der Waals surface area contributed by atoms with Crippen LogP contribution in [0.1, 0.15) is 47.3 Å². The zero-order chi connectivity index (χ0) is 27.7. The second kappa shape index (κ2) is 10.3. The smallest absolute Gasteiger partial charge is 0.365 e. The van der Waals surface area contributed by atoms with Crippen LogP contribution in [0.4, 0.5) is 27.8 Å². The highest BCUT2D eigenvalue weighted by Gasteiger charge is 2.37. The Labute approximate surface area is 218 Å². The zero-order valence-electron chi connectivity index (χ0n) is 20.1. The molecule has 3 aromatic heterocycles. The lowest BCUT2D eigenvalue weighted by molar-refractivity contribution is -0.137. The molecule has 1 amide bonds. The summed E-state index contributed by atoms with van der Waals surface area (Å²) in [6, 6.07) is 5.11. The standard InChI is InChI=1S/C26H20F5N7O/c27-19-7-13(10-32)6-16-17(11-34-23(16)19)22-18(26(29,30)31)9-20(28)24(38-22)36-14-2-1-3-15(8-14)37-25(39)21-4-5-33-12-35-21/h4-7,9,11-12,14-15,34H,1-3,8H2,(H,36,38)(H,37,39)/t14-,15+/m1/s1. The summed E-state index contributed by atoms with van der Waals surface area (Å²) in [7, 11) is 0. The molecule has 1 aromatic carbocycles. The van der Waals surface area contributed by atoms with Crippen LogP contribution in [0.15, 0.2) is 43.0 Å². The van der Waals surface area contributed by atoms with Crippen molar-refractivity contribution >= 4 is 22.6 Å². The van der Waals surface area contributed by atoms with Crippen molar-refractivity contribution in [2.24, 2.45) is 0 Å². The number of fused-ring (bicyclic) bond motifs is 1. The Morgan fingerprint density at radius 1 is 1.13 bits per heavy atom. The summed E-state index contributed by atoms with van der Waals surface area (Å²) >= 11 is 0. The monoisotopic (exact) mass is 541 g/mol. The van der Waals surface area contributed by atoms with Gasteiger partial charge >= 0.3 is 6.18 Å². The number of anilines is 1. The molecule has 200 valence electrons. The van der Waals surface area contributed by atoms with Crippen molar-refractivity contribution in [1.29, 1.82) is 5.26 Å². The molecule has 0 bridgehead atoms. The molecule has 1 aliphatic rings. The van der Waals surface area contributed by atoms with E-state index in [9.17, 15) is 32.0 Å². The molecule has 5 rings (SSSR count). The van der Waals surface area contributed by atoms with Gasteiger partial charge in [-0.15, -0.1) is 0 Å². The quantitative estimate of drug-likeness (QED) is 0.294. The second-order valence-corrected chi connectivity index (χ2v) is 9.18. The van der Waals surface area contributed by atoms with E-state index in [1.165, 1.54) is 24.7 Å². The molecule has 1 aliphatic carbocycles. The van der Waals surface area contributed by atoms with Gasteiger partial charge in [0.25, 0.3) is 5.91 Å². The number of benzene rings is 1. The van der Waals surface area contributed by atoms with Gasteiger partial charge in [0.2, 0.25) is 0 Å². The third-order valence-corrected chi connectivity index (χ3v) is 6.57. The largest absolute Gasteiger partial charge is 0.418 e. The van der Waals surface area contributed by atoms with Gasteiger partial charge in [-0.2, -0.15) is 18.4 Å². The molecular weight excluding hydrogens is 521 g/mol. The van der Waals surface area contributed by atoms with Crippen molar-refractivity contribution in [2.45, 2.75) is 43.9 Å². The molecule has 8 nitrogen and oxygen atoms in total. The van der Waals surface area contributed by atoms with Crippen LogP contribution in [0.5, 0.6) is 0 Å². The number of nitrogens with zero attached hydrogens (tertiary/aromatic N) is 4. The number of rotatable bonds is 5. The van der Waals surface area contributed by atoms with Gasteiger partial charge in [0.05, 0.1) is 28.4 Å². The van der Waals surface area contributed by atoms with Gasteiger partial charge in [-0.3, -0.25) is 4.79 Å². The number of pyridine rings is 1. The summed E-state index contributed by atoms with van der Waals surface area (Å²) in [6.07, 6.45) is 1.14. The van der Waals surface area contributed by atoms with Crippen LogP contribution in [-0.4, -0.2) is 37.9 Å². The number of hydrogen-bond donors (Lipinski definition) is 3. The van der Waals surface area contributed by atoms with Gasteiger partial charge in [0.1, 0.15) is 17.8 Å². The third-order valence-electron chi connectivity index (χ3n) is 6.57. The van der Waals surface area contributed by atoms with Crippen molar-refractivity contribution in [2.75, 3.05) is 5.32 Å².